The van der Waals surface area contributed by atoms with E-state index in [0.29, 0.717) is 5.82 Å². The van der Waals surface area contributed by atoms with Crippen molar-refractivity contribution in [2.24, 2.45) is 0 Å². The zero-order valence-electron chi connectivity index (χ0n) is 5.20. The van der Waals surface area contributed by atoms with Crippen LogP contribution in [0, 0.1) is 0 Å². The Morgan fingerprint density at radius 3 is 2.67 bits per heavy atom. The van der Waals surface area contributed by atoms with Crippen LogP contribution in [0.1, 0.15) is 6.42 Å². The highest BCUT2D eigenvalue weighted by atomic mass is 35.5. The van der Waals surface area contributed by atoms with E-state index >= 15 is 0 Å². The first-order valence-corrected chi connectivity index (χ1v) is 3.67. The van der Waals surface area contributed by atoms with Crippen molar-refractivity contribution in [1.29, 1.82) is 0 Å². The average Bonchev–Trinajstić information content (AvgIpc) is 1.59. The number of rotatable bonds is 0. The molecule has 0 saturated heterocycles. The van der Waals surface area contributed by atoms with E-state index in [2.05, 4.69) is 7.85 Å². The Morgan fingerprint density at radius 2 is 2.22 bits per heavy atom. The smallest absolute Gasteiger partial charge is 0.0891 e. The van der Waals surface area contributed by atoms with Gasteiger partial charge in [0.2, 0.25) is 0 Å². The SMILES string of the molecule is BC1C=C(Cl)C=C(Cl)C1. The lowest BCUT2D eigenvalue weighted by atomic mass is 9.82. The van der Waals surface area contributed by atoms with E-state index < -0.39 is 0 Å². The highest BCUT2D eigenvalue weighted by Gasteiger charge is 2.07. The maximum Gasteiger partial charge on any atom is 0.110 e. The molecule has 3 heteroatoms. The average molecular weight is 161 g/mol. The van der Waals surface area contributed by atoms with Crippen molar-refractivity contribution in [2.45, 2.75) is 12.2 Å². The Bertz CT molecular complexity index is 172. The van der Waals surface area contributed by atoms with Gasteiger partial charge in [0.1, 0.15) is 7.85 Å². The zero-order chi connectivity index (χ0) is 6.85. The van der Waals surface area contributed by atoms with Gasteiger partial charge in [0.25, 0.3) is 0 Å². The summed E-state index contributed by atoms with van der Waals surface area (Å²) in [5.41, 5.74) is 0. The van der Waals surface area contributed by atoms with E-state index in [1.807, 2.05) is 6.08 Å². The Hall–Kier alpha value is 0.125. The molecule has 0 N–H and O–H groups in total. The number of hydrogen-bond acceptors (Lipinski definition) is 0. The summed E-state index contributed by atoms with van der Waals surface area (Å²) in [6.45, 7) is 0. The van der Waals surface area contributed by atoms with E-state index in [1.54, 1.807) is 6.08 Å². The molecule has 0 radical (unpaired) electrons. The van der Waals surface area contributed by atoms with Crippen LogP contribution in [0.25, 0.3) is 0 Å². The quantitative estimate of drug-likeness (QED) is 0.476. The fourth-order valence-electron chi connectivity index (χ4n) is 0.895. The van der Waals surface area contributed by atoms with Gasteiger partial charge in [0.15, 0.2) is 0 Å². The highest BCUT2D eigenvalue weighted by molar-refractivity contribution is 6.35. The van der Waals surface area contributed by atoms with Crippen molar-refractivity contribution in [3.8, 4) is 0 Å². The number of allylic oxidation sites excluding steroid dienone is 4. The lowest BCUT2D eigenvalue weighted by Gasteiger charge is -2.10. The van der Waals surface area contributed by atoms with Gasteiger partial charge in [-0.25, -0.2) is 0 Å². The third kappa shape index (κ3) is 2.07. The van der Waals surface area contributed by atoms with Crippen molar-refractivity contribution < 1.29 is 0 Å². The third-order valence-electron chi connectivity index (χ3n) is 1.26. The summed E-state index contributed by atoms with van der Waals surface area (Å²) in [4.78, 5) is 0. The van der Waals surface area contributed by atoms with E-state index in [1.165, 1.54) is 0 Å². The molecule has 0 nitrogen and oxygen atoms in total. The summed E-state index contributed by atoms with van der Waals surface area (Å²) in [6, 6.07) is 0. The second kappa shape index (κ2) is 2.81. The van der Waals surface area contributed by atoms with Gasteiger partial charge >= 0.3 is 0 Å². The molecule has 0 heterocycles. The molecule has 1 atom stereocenters. The Labute approximate surface area is 65.9 Å². The molecule has 0 aliphatic heterocycles. The number of halogens is 2. The van der Waals surface area contributed by atoms with Crippen LogP contribution < -0.4 is 0 Å². The van der Waals surface area contributed by atoms with Crippen LogP contribution in [-0.4, -0.2) is 7.85 Å². The fourth-order valence-corrected chi connectivity index (χ4v) is 1.66. The molecule has 9 heavy (non-hydrogen) atoms. The van der Waals surface area contributed by atoms with Crippen LogP contribution in [0.4, 0.5) is 0 Å². The van der Waals surface area contributed by atoms with Gasteiger partial charge in [-0.05, 0) is 18.3 Å². The summed E-state index contributed by atoms with van der Waals surface area (Å²) < 4.78 is 0. The Balaban J connectivity index is 2.74. The van der Waals surface area contributed by atoms with E-state index in [4.69, 9.17) is 23.2 Å². The standard InChI is InChI=1S/C6H7BCl2/c7-4-1-5(8)3-6(9)2-4/h1,3-4H,2,7H2. The van der Waals surface area contributed by atoms with E-state index in [-0.39, 0.29) is 0 Å². The molecule has 1 aliphatic carbocycles. The van der Waals surface area contributed by atoms with Gasteiger partial charge in [-0.1, -0.05) is 29.3 Å². The lowest BCUT2D eigenvalue weighted by Crippen LogP contribution is -1.93. The van der Waals surface area contributed by atoms with Crippen molar-refractivity contribution in [3.05, 3.63) is 22.2 Å². The monoisotopic (exact) mass is 160 g/mol. The minimum Gasteiger partial charge on any atom is -0.0891 e. The van der Waals surface area contributed by atoms with Gasteiger partial charge < -0.3 is 0 Å². The van der Waals surface area contributed by atoms with Crippen LogP contribution in [0.3, 0.4) is 0 Å². The van der Waals surface area contributed by atoms with Crippen LogP contribution >= 0.6 is 23.2 Å². The zero-order valence-corrected chi connectivity index (χ0v) is 6.71. The predicted octanol–water partition coefficient (Wildman–Crippen LogP) is 2.06. The molecule has 48 valence electrons. The third-order valence-corrected chi connectivity index (χ3v) is 1.75. The summed E-state index contributed by atoms with van der Waals surface area (Å²) in [5, 5.41) is 1.62. The molecular weight excluding hydrogens is 154 g/mol. The predicted molar refractivity (Wildman–Crippen MR) is 44.8 cm³/mol. The summed E-state index contributed by atoms with van der Waals surface area (Å²) in [6.07, 6.45) is 4.73. The molecule has 0 saturated carbocycles. The molecule has 1 aliphatic rings. The molecular formula is C6H7BCl2. The largest absolute Gasteiger partial charge is 0.110 e. The first kappa shape index (κ1) is 7.23. The van der Waals surface area contributed by atoms with Gasteiger partial charge in [-0.3, -0.25) is 0 Å². The van der Waals surface area contributed by atoms with Gasteiger partial charge in [0.05, 0.1) is 0 Å². The van der Waals surface area contributed by atoms with Crippen LogP contribution in [0.15, 0.2) is 22.2 Å². The molecule has 0 amide bonds. The van der Waals surface area contributed by atoms with Gasteiger partial charge in [-0.2, -0.15) is 0 Å². The molecule has 0 aromatic carbocycles. The van der Waals surface area contributed by atoms with Crippen molar-refractivity contribution in [2.75, 3.05) is 0 Å². The molecule has 0 spiro atoms. The molecule has 0 bridgehead atoms. The molecule has 1 rings (SSSR count). The van der Waals surface area contributed by atoms with Crippen molar-refractivity contribution in [1.82, 2.24) is 0 Å². The van der Waals surface area contributed by atoms with Gasteiger partial charge in [-0.15, -0.1) is 0 Å². The minimum absolute atomic E-state index is 0.495. The lowest BCUT2D eigenvalue weighted by molar-refractivity contribution is 1.00. The van der Waals surface area contributed by atoms with Crippen LogP contribution in [-0.2, 0) is 0 Å². The summed E-state index contributed by atoms with van der Waals surface area (Å²) in [5.74, 6) is 0.495. The van der Waals surface area contributed by atoms with Gasteiger partial charge in [0, 0.05) is 10.1 Å². The minimum atomic E-state index is 0.495. The second-order valence-electron chi connectivity index (χ2n) is 2.32. The Kier molecular flexibility index (Phi) is 2.26. The molecule has 0 aromatic rings. The first-order chi connectivity index (χ1) is 4.18. The maximum atomic E-state index is 5.74. The summed E-state index contributed by atoms with van der Waals surface area (Å²) >= 11 is 11.4. The van der Waals surface area contributed by atoms with E-state index in [9.17, 15) is 0 Å². The second-order valence-corrected chi connectivity index (χ2v) is 3.25. The van der Waals surface area contributed by atoms with Crippen molar-refractivity contribution >= 4 is 31.0 Å². The van der Waals surface area contributed by atoms with Crippen molar-refractivity contribution in [3.63, 3.8) is 0 Å². The normalized spacial score (nSPS) is 27.1. The Morgan fingerprint density at radius 1 is 1.56 bits per heavy atom. The molecule has 1 unspecified atom stereocenters. The highest BCUT2D eigenvalue weighted by Crippen LogP contribution is 2.28. The first-order valence-electron chi connectivity index (χ1n) is 2.92. The van der Waals surface area contributed by atoms with Crippen LogP contribution in [0.2, 0.25) is 5.82 Å². The topological polar surface area (TPSA) is 0 Å². The number of hydrogen-bond donors (Lipinski definition) is 0. The summed E-state index contributed by atoms with van der Waals surface area (Å²) in [7, 11) is 2.10. The molecule has 0 aromatic heterocycles. The fraction of sp³-hybridized carbons (Fsp3) is 0.333. The maximum absolute atomic E-state index is 5.74. The molecule has 0 fully saturated rings. The van der Waals surface area contributed by atoms with Crippen LogP contribution in [0.5, 0.6) is 0 Å². The van der Waals surface area contributed by atoms with E-state index in [0.717, 1.165) is 16.5 Å².